The van der Waals surface area contributed by atoms with Crippen molar-refractivity contribution in [3.05, 3.63) is 65.2 Å². The lowest BCUT2D eigenvalue weighted by Gasteiger charge is -2.14. The Kier molecular flexibility index (Phi) is 7.01. The molecule has 0 heterocycles. The van der Waals surface area contributed by atoms with Crippen LogP contribution < -0.4 is 10.6 Å². The molecule has 1 atom stereocenters. The Labute approximate surface area is 156 Å². The molecule has 0 aliphatic heterocycles. The van der Waals surface area contributed by atoms with Crippen LogP contribution in [0.2, 0.25) is 0 Å². The van der Waals surface area contributed by atoms with E-state index in [1.165, 1.54) is 6.07 Å². The summed E-state index contributed by atoms with van der Waals surface area (Å²) < 4.78 is 31.3. The fourth-order valence-corrected chi connectivity index (χ4v) is 2.32. The van der Waals surface area contributed by atoms with Gasteiger partial charge in [-0.15, -0.1) is 0 Å². The lowest BCUT2D eigenvalue weighted by Crippen LogP contribution is -2.30. The van der Waals surface area contributed by atoms with Crippen molar-refractivity contribution in [3.8, 4) is 0 Å². The zero-order valence-electron chi connectivity index (χ0n) is 15.4. The van der Waals surface area contributed by atoms with E-state index < -0.39 is 17.6 Å². The molecule has 0 unspecified atom stereocenters. The molecule has 2 aromatic rings. The number of ether oxygens (including phenoxy) is 1. The minimum absolute atomic E-state index is 0.0166. The summed E-state index contributed by atoms with van der Waals surface area (Å²) in [6, 6.07) is 9.62. The van der Waals surface area contributed by atoms with Gasteiger partial charge in [-0.05, 0) is 62.7 Å². The highest BCUT2D eigenvalue weighted by Crippen LogP contribution is 2.16. The molecule has 0 saturated heterocycles. The van der Waals surface area contributed by atoms with Crippen molar-refractivity contribution in [3.63, 3.8) is 0 Å². The van der Waals surface area contributed by atoms with Crippen LogP contribution in [-0.4, -0.2) is 24.5 Å². The third-order valence-corrected chi connectivity index (χ3v) is 3.76. The van der Waals surface area contributed by atoms with Gasteiger partial charge in [0, 0.05) is 11.7 Å². The maximum absolute atomic E-state index is 13.3. The molecule has 5 nitrogen and oxygen atoms in total. The second-order valence-corrected chi connectivity index (χ2v) is 6.36. The van der Waals surface area contributed by atoms with Crippen LogP contribution >= 0.6 is 0 Å². The van der Waals surface area contributed by atoms with Crippen LogP contribution in [0.1, 0.15) is 42.7 Å². The molecule has 0 saturated carbocycles. The topological polar surface area (TPSA) is 67.4 Å². The minimum Gasteiger partial charge on any atom is -0.459 e. The number of carbonyl (C=O) groups is 2. The summed E-state index contributed by atoms with van der Waals surface area (Å²) in [5.74, 6) is -2.57. The molecule has 2 aromatic carbocycles. The molecule has 2 N–H and O–H groups in total. The largest absolute Gasteiger partial charge is 0.459 e. The summed E-state index contributed by atoms with van der Waals surface area (Å²) in [4.78, 5) is 23.8. The number of amides is 1. The van der Waals surface area contributed by atoms with Crippen molar-refractivity contribution in [1.29, 1.82) is 0 Å². The number of hydrogen-bond acceptors (Lipinski definition) is 4. The molecule has 144 valence electrons. The second-order valence-electron chi connectivity index (χ2n) is 6.36. The molecule has 2 rings (SSSR count). The summed E-state index contributed by atoms with van der Waals surface area (Å²) in [7, 11) is 0. The van der Waals surface area contributed by atoms with Crippen LogP contribution in [0.3, 0.4) is 0 Å². The van der Waals surface area contributed by atoms with E-state index in [4.69, 9.17) is 4.74 Å². The lowest BCUT2D eigenvalue weighted by atomic mass is 10.1. The van der Waals surface area contributed by atoms with Gasteiger partial charge in [0.2, 0.25) is 5.91 Å². The number of halogens is 2. The highest BCUT2D eigenvalue weighted by Gasteiger charge is 2.12. The van der Waals surface area contributed by atoms with E-state index in [2.05, 4.69) is 10.6 Å². The summed E-state index contributed by atoms with van der Waals surface area (Å²) in [5.41, 5.74) is 1.46. The Morgan fingerprint density at radius 1 is 1.00 bits per heavy atom. The van der Waals surface area contributed by atoms with Gasteiger partial charge in [-0.3, -0.25) is 4.79 Å². The van der Waals surface area contributed by atoms with Crippen LogP contribution in [0.15, 0.2) is 42.5 Å². The number of carbonyl (C=O) groups excluding carboxylic acids is 2. The number of rotatable bonds is 7. The van der Waals surface area contributed by atoms with Gasteiger partial charge in [0.05, 0.1) is 18.2 Å². The second kappa shape index (κ2) is 9.23. The minimum atomic E-state index is -0.929. The van der Waals surface area contributed by atoms with E-state index in [1.807, 2.05) is 0 Å². The highest BCUT2D eigenvalue weighted by molar-refractivity contribution is 5.94. The van der Waals surface area contributed by atoms with Crippen LogP contribution in [0.5, 0.6) is 0 Å². The number of hydrogen-bond donors (Lipinski definition) is 2. The van der Waals surface area contributed by atoms with Gasteiger partial charge in [0.15, 0.2) is 11.6 Å². The third kappa shape index (κ3) is 6.14. The third-order valence-electron chi connectivity index (χ3n) is 3.76. The Bertz CT molecular complexity index is 807. The average Bonchev–Trinajstić information content (AvgIpc) is 2.62. The van der Waals surface area contributed by atoms with Crippen molar-refractivity contribution in [2.75, 3.05) is 11.9 Å². The zero-order chi connectivity index (χ0) is 20.0. The smallest absolute Gasteiger partial charge is 0.338 e. The Morgan fingerprint density at radius 3 is 2.26 bits per heavy atom. The van der Waals surface area contributed by atoms with Crippen molar-refractivity contribution in [2.24, 2.45) is 0 Å². The molecule has 27 heavy (non-hydrogen) atoms. The van der Waals surface area contributed by atoms with Crippen LogP contribution in [0.4, 0.5) is 14.5 Å². The number of anilines is 1. The highest BCUT2D eigenvalue weighted by atomic mass is 19.2. The average molecular weight is 376 g/mol. The van der Waals surface area contributed by atoms with Gasteiger partial charge in [-0.1, -0.05) is 6.07 Å². The molecular weight excluding hydrogens is 354 g/mol. The number of esters is 1. The van der Waals surface area contributed by atoms with Crippen molar-refractivity contribution in [2.45, 2.75) is 32.9 Å². The van der Waals surface area contributed by atoms with Gasteiger partial charge in [-0.25, -0.2) is 13.6 Å². The van der Waals surface area contributed by atoms with Gasteiger partial charge >= 0.3 is 5.97 Å². The molecule has 0 bridgehead atoms. The lowest BCUT2D eigenvalue weighted by molar-refractivity contribution is -0.115. The molecule has 7 heteroatoms. The summed E-state index contributed by atoms with van der Waals surface area (Å²) in [5, 5.41) is 5.63. The first-order valence-electron chi connectivity index (χ1n) is 8.55. The van der Waals surface area contributed by atoms with Crippen LogP contribution in [-0.2, 0) is 9.53 Å². The summed E-state index contributed by atoms with van der Waals surface area (Å²) >= 11 is 0. The zero-order valence-corrected chi connectivity index (χ0v) is 15.4. The fourth-order valence-electron chi connectivity index (χ4n) is 2.32. The van der Waals surface area contributed by atoms with E-state index in [1.54, 1.807) is 45.0 Å². The van der Waals surface area contributed by atoms with E-state index in [-0.39, 0.29) is 24.6 Å². The van der Waals surface area contributed by atoms with E-state index in [9.17, 15) is 18.4 Å². The predicted octanol–water partition coefficient (Wildman–Crippen LogP) is 3.82. The summed E-state index contributed by atoms with van der Waals surface area (Å²) in [6.45, 7) is 5.26. The Balaban J connectivity index is 1.86. The molecule has 0 aromatic heterocycles. The van der Waals surface area contributed by atoms with Crippen molar-refractivity contribution < 1.29 is 23.1 Å². The first kappa shape index (κ1) is 20.5. The maximum Gasteiger partial charge on any atom is 0.338 e. The molecule has 0 spiro atoms. The van der Waals surface area contributed by atoms with Gasteiger partial charge in [-0.2, -0.15) is 0 Å². The Morgan fingerprint density at radius 2 is 1.67 bits per heavy atom. The fraction of sp³-hybridized carbons (Fsp3) is 0.300. The molecular formula is C20H22F2N2O3. The quantitative estimate of drug-likeness (QED) is 0.721. The van der Waals surface area contributed by atoms with E-state index >= 15 is 0 Å². The monoisotopic (exact) mass is 376 g/mol. The van der Waals surface area contributed by atoms with Crippen molar-refractivity contribution in [1.82, 2.24) is 5.32 Å². The first-order chi connectivity index (χ1) is 12.8. The number of benzene rings is 2. The molecule has 0 fully saturated rings. The van der Waals surface area contributed by atoms with Crippen LogP contribution in [0, 0.1) is 11.6 Å². The number of nitrogens with one attached hydrogen (secondary N) is 2. The molecule has 1 amide bonds. The van der Waals surface area contributed by atoms with Crippen LogP contribution in [0.25, 0.3) is 0 Å². The standard InChI is InChI=1S/C20H22F2N2O3/c1-12(2)27-20(26)14-4-7-16(8-5-14)24-19(25)11-23-13(3)15-6-9-17(21)18(22)10-15/h4-10,12-13,23H,11H2,1-3H3,(H,24,25)/t13-/m1/s1. The summed E-state index contributed by atoms with van der Waals surface area (Å²) in [6.07, 6.45) is -0.209. The first-order valence-corrected chi connectivity index (χ1v) is 8.55. The molecule has 0 radical (unpaired) electrons. The van der Waals surface area contributed by atoms with Gasteiger partial charge < -0.3 is 15.4 Å². The van der Waals surface area contributed by atoms with Gasteiger partial charge in [0.25, 0.3) is 0 Å². The predicted molar refractivity (Wildman–Crippen MR) is 98.4 cm³/mol. The molecule has 0 aliphatic rings. The molecule has 0 aliphatic carbocycles. The Hall–Kier alpha value is -2.80. The van der Waals surface area contributed by atoms with Gasteiger partial charge in [0.1, 0.15) is 0 Å². The van der Waals surface area contributed by atoms with E-state index in [0.29, 0.717) is 16.8 Å². The maximum atomic E-state index is 13.3. The van der Waals surface area contributed by atoms with E-state index in [0.717, 1.165) is 12.1 Å². The normalized spacial score (nSPS) is 11.9. The van der Waals surface area contributed by atoms with Crippen molar-refractivity contribution >= 4 is 17.6 Å². The SMILES string of the molecule is CC(C)OC(=O)c1ccc(NC(=O)CN[C@H](C)c2ccc(F)c(F)c2)cc1.